The maximum absolute atomic E-state index is 12.4. The average Bonchev–Trinajstić information content (AvgIpc) is 3.40. The Morgan fingerprint density at radius 2 is 1.80 bits per heavy atom. The number of rotatable bonds is 5. The van der Waals surface area contributed by atoms with Crippen molar-refractivity contribution in [3.63, 3.8) is 0 Å². The van der Waals surface area contributed by atoms with Crippen molar-refractivity contribution >= 4 is 41.5 Å². The largest absolute Gasteiger partial charge is 0.459 e. The van der Waals surface area contributed by atoms with Gasteiger partial charge in [0.15, 0.2) is 11.7 Å². The van der Waals surface area contributed by atoms with E-state index in [-0.39, 0.29) is 35.6 Å². The van der Waals surface area contributed by atoms with E-state index in [1.54, 1.807) is 29.2 Å². The van der Waals surface area contributed by atoms with Gasteiger partial charge >= 0.3 is 0 Å². The van der Waals surface area contributed by atoms with Crippen LogP contribution in [0.4, 0.5) is 5.69 Å². The molecule has 10 heteroatoms. The van der Waals surface area contributed by atoms with E-state index >= 15 is 0 Å². The Morgan fingerprint density at radius 3 is 2.37 bits per heavy atom. The molecule has 1 aromatic carbocycles. The summed E-state index contributed by atoms with van der Waals surface area (Å²) in [4.78, 5) is 31.5. The van der Waals surface area contributed by atoms with Crippen molar-refractivity contribution in [1.29, 1.82) is 0 Å². The van der Waals surface area contributed by atoms with Crippen LogP contribution in [-0.2, 0) is 6.54 Å². The zero-order chi connectivity index (χ0) is 20.2. The maximum Gasteiger partial charge on any atom is 0.289 e. The summed E-state index contributed by atoms with van der Waals surface area (Å²) in [5, 5.41) is 14.3. The number of amides is 1. The first-order valence-corrected chi connectivity index (χ1v) is 9.72. The van der Waals surface area contributed by atoms with Gasteiger partial charge in [0.2, 0.25) is 0 Å². The first-order chi connectivity index (χ1) is 14.1. The summed E-state index contributed by atoms with van der Waals surface area (Å²) in [7, 11) is 0. The summed E-state index contributed by atoms with van der Waals surface area (Å²) in [5.41, 5.74) is 0.990. The number of nitrogens with zero attached hydrogens (tertiary/aromatic N) is 4. The number of carbonyl (C=O) groups excluding carboxylic acids is 1. The quantitative estimate of drug-likeness (QED) is 0.212. The number of nitrogens with one attached hydrogen (secondary N) is 1. The van der Waals surface area contributed by atoms with Crippen LogP contribution < -0.4 is 5.32 Å². The van der Waals surface area contributed by atoms with E-state index in [0.717, 1.165) is 24.4 Å². The topological polar surface area (TPSA) is 104 Å². The van der Waals surface area contributed by atoms with Gasteiger partial charge in [-0.25, -0.2) is 4.99 Å². The molecule has 2 aliphatic rings. The van der Waals surface area contributed by atoms with Gasteiger partial charge in [-0.3, -0.25) is 14.9 Å². The molecule has 0 radical (unpaired) electrons. The fourth-order valence-electron chi connectivity index (χ4n) is 3.21. The Hall–Kier alpha value is -2.63. The van der Waals surface area contributed by atoms with Crippen molar-refractivity contribution in [3.05, 3.63) is 64.1 Å². The van der Waals surface area contributed by atoms with Crippen LogP contribution in [0.1, 0.15) is 29.0 Å². The molecule has 0 spiro atoms. The molecule has 9 nitrogen and oxygen atoms in total. The maximum atomic E-state index is 12.4. The Bertz CT molecular complexity index is 888. The SMILES string of the molecule is I.O=C(c1ccco1)N1CCN(C(=NCc2ccc([N+](=O)[O-])cc2)NC2CC2)CC1. The summed E-state index contributed by atoms with van der Waals surface area (Å²) in [6, 6.07) is 10.3. The van der Waals surface area contributed by atoms with Gasteiger partial charge in [-0.2, -0.15) is 0 Å². The van der Waals surface area contributed by atoms with Crippen molar-refractivity contribution in [2.45, 2.75) is 25.4 Å². The molecule has 4 rings (SSSR count). The van der Waals surface area contributed by atoms with Crippen molar-refractivity contribution in [1.82, 2.24) is 15.1 Å². The zero-order valence-electron chi connectivity index (χ0n) is 16.4. The number of hydrogen-bond acceptors (Lipinski definition) is 5. The van der Waals surface area contributed by atoms with Gasteiger partial charge in [-0.15, -0.1) is 24.0 Å². The number of carbonyl (C=O) groups is 1. The highest BCUT2D eigenvalue weighted by Crippen LogP contribution is 2.20. The first kappa shape index (κ1) is 22.1. The molecular formula is C20H24IN5O4. The number of hydrogen-bond donors (Lipinski definition) is 1. The molecule has 1 aromatic heterocycles. The molecule has 1 N–H and O–H groups in total. The second kappa shape index (κ2) is 9.92. The van der Waals surface area contributed by atoms with Gasteiger partial charge in [0.05, 0.1) is 17.7 Å². The molecule has 2 aromatic rings. The van der Waals surface area contributed by atoms with E-state index in [9.17, 15) is 14.9 Å². The average molecular weight is 525 g/mol. The van der Waals surface area contributed by atoms with Gasteiger partial charge in [0, 0.05) is 44.4 Å². The van der Waals surface area contributed by atoms with Crippen LogP contribution in [0.25, 0.3) is 0 Å². The van der Waals surface area contributed by atoms with Gasteiger partial charge in [-0.1, -0.05) is 12.1 Å². The summed E-state index contributed by atoms with van der Waals surface area (Å²) >= 11 is 0. The number of nitro benzene ring substituents is 1. The van der Waals surface area contributed by atoms with Crippen LogP contribution in [0.3, 0.4) is 0 Å². The second-order valence-corrected chi connectivity index (χ2v) is 7.24. The van der Waals surface area contributed by atoms with Crippen LogP contribution in [-0.4, -0.2) is 58.8 Å². The Balaban J connectivity index is 0.00000256. The van der Waals surface area contributed by atoms with Crippen LogP contribution in [0.5, 0.6) is 0 Å². The Kier molecular flexibility index (Phi) is 7.29. The Labute approximate surface area is 191 Å². The third kappa shape index (κ3) is 5.49. The van der Waals surface area contributed by atoms with E-state index in [1.165, 1.54) is 18.4 Å². The fraction of sp³-hybridized carbons (Fsp3) is 0.400. The molecule has 1 saturated heterocycles. The number of benzene rings is 1. The highest BCUT2D eigenvalue weighted by Gasteiger charge is 2.28. The normalized spacial score (nSPS) is 16.7. The minimum Gasteiger partial charge on any atom is -0.459 e. The molecule has 1 aliphatic heterocycles. The minimum absolute atomic E-state index is 0. The summed E-state index contributed by atoms with van der Waals surface area (Å²) in [6.07, 6.45) is 3.77. The summed E-state index contributed by atoms with van der Waals surface area (Å²) < 4.78 is 5.21. The van der Waals surface area contributed by atoms with Gasteiger partial charge in [0.25, 0.3) is 11.6 Å². The number of piperazine rings is 1. The molecule has 2 fully saturated rings. The van der Waals surface area contributed by atoms with Crippen LogP contribution in [0, 0.1) is 10.1 Å². The van der Waals surface area contributed by atoms with E-state index in [4.69, 9.17) is 9.41 Å². The van der Waals surface area contributed by atoms with Crippen LogP contribution in [0.2, 0.25) is 0 Å². The second-order valence-electron chi connectivity index (χ2n) is 7.24. The summed E-state index contributed by atoms with van der Waals surface area (Å²) in [5.74, 6) is 1.10. The molecule has 1 saturated carbocycles. The highest BCUT2D eigenvalue weighted by molar-refractivity contribution is 14.0. The van der Waals surface area contributed by atoms with Gasteiger partial charge < -0.3 is 19.5 Å². The predicted molar refractivity (Wildman–Crippen MR) is 122 cm³/mol. The van der Waals surface area contributed by atoms with Crippen molar-refractivity contribution in [3.8, 4) is 0 Å². The molecule has 30 heavy (non-hydrogen) atoms. The number of non-ortho nitro benzene ring substituents is 1. The molecule has 2 heterocycles. The van der Waals surface area contributed by atoms with E-state index in [2.05, 4.69) is 10.2 Å². The van der Waals surface area contributed by atoms with Crippen LogP contribution in [0.15, 0.2) is 52.1 Å². The highest BCUT2D eigenvalue weighted by atomic mass is 127. The van der Waals surface area contributed by atoms with Gasteiger partial charge in [0.1, 0.15) is 0 Å². The zero-order valence-corrected chi connectivity index (χ0v) is 18.7. The number of guanidine groups is 1. The smallest absolute Gasteiger partial charge is 0.289 e. The molecule has 1 aliphatic carbocycles. The Morgan fingerprint density at radius 1 is 1.13 bits per heavy atom. The van der Waals surface area contributed by atoms with E-state index in [0.29, 0.717) is 44.5 Å². The fourth-order valence-corrected chi connectivity index (χ4v) is 3.21. The molecule has 0 atom stereocenters. The monoisotopic (exact) mass is 525 g/mol. The van der Waals surface area contributed by atoms with E-state index < -0.39 is 4.92 Å². The molecular weight excluding hydrogens is 501 g/mol. The third-order valence-corrected chi connectivity index (χ3v) is 5.07. The lowest BCUT2D eigenvalue weighted by molar-refractivity contribution is -0.384. The number of aliphatic imine (C=N–C) groups is 1. The van der Waals surface area contributed by atoms with Crippen LogP contribution >= 0.6 is 24.0 Å². The van der Waals surface area contributed by atoms with Gasteiger partial charge in [-0.05, 0) is 30.5 Å². The number of halogens is 1. The molecule has 1 amide bonds. The molecule has 0 bridgehead atoms. The third-order valence-electron chi connectivity index (χ3n) is 5.07. The van der Waals surface area contributed by atoms with E-state index in [1.807, 2.05) is 0 Å². The number of furan rings is 1. The minimum atomic E-state index is -0.406. The van der Waals surface area contributed by atoms with Crippen molar-refractivity contribution < 1.29 is 14.1 Å². The predicted octanol–water partition coefficient (Wildman–Crippen LogP) is 2.87. The standard InChI is InChI=1S/C20H23N5O4.HI/c26-19(18-2-1-13-29-18)23-9-11-24(12-10-23)20(22-16-5-6-16)21-14-15-3-7-17(8-4-15)25(27)28;/h1-4,7-8,13,16H,5-6,9-12,14H2,(H,21,22);1H. The van der Waals surface area contributed by atoms with Crippen molar-refractivity contribution in [2.24, 2.45) is 4.99 Å². The molecule has 160 valence electrons. The summed E-state index contributed by atoms with van der Waals surface area (Å²) in [6.45, 7) is 3.01. The lowest BCUT2D eigenvalue weighted by atomic mass is 10.2. The first-order valence-electron chi connectivity index (χ1n) is 9.72. The van der Waals surface area contributed by atoms with Crippen molar-refractivity contribution in [2.75, 3.05) is 26.2 Å². The lowest BCUT2D eigenvalue weighted by Crippen LogP contribution is -2.54. The molecule has 0 unspecified atom stereocenters. The lowest BCUT2D eigenvalue weighted by Gasteiger charge is -2.36. The number of nitro groups is 1.